The summed E-state index contributed by atoms with van der Waals surface area (Å²) < 4.78 is 5.40. The van der Waals surface area contributed by atoms with Gasteiger partial charge in [-0.2, -0.15) is 0 Å². The number of rotatable bonds is 3. The van der Waals surface area contributed by atoms with E-state index in [2.05, 4.69) is 20.4 Å². The Kier molecular flexibility index (Phi) is 3.93. The number of aromatic nitrogens is 3. The average Bonchev–Trinajstić information content (AvgIpc) is 3.06. The SMILES string of the molecule is Cc1ccc(-c2noc3nc(C)cc(C(=O)Nc4ccncc4)c23)cc1. The summed E-state index contributed by atoms with van der Waals surface area (Å²) in [6.07, 6.45) is 3.25. The first-order valence-electron chi connectivity index (χ1n) is 8.17. The first-order chi connectivity index (χ1) is 12.6. The van der Waals surface area contributed by atoms with Crippen molar-refractivity contribution in [2.24, 2.45) is 0 Å². The topological polar surface area (TPSA) is 80.9 Å². The summed E-state index contributed by atoms with van der Waals surface area (Å²) in [5.74, 6) is -0.247. The number of benzene rings is 1. The zero-order chi connectivity index (χ0) is 18.1. The Labute approximate surface area is 149 Å². The minimum atomic E-state index is -0.247. The number of amides is 1. The fourth-order valence-corrected chi connectivity index (χ4v) is 2.80. The highest BCUT2D eigenvalue weighted by atomic mass is 16.5. The second-order valence-corrected chi connectivity index (χ2v) is 6.08. The quantitative estimate of drug-likeness (QED) is 0.604. The lowest BCUT2D eigenvalue weighted by atomic mass is 10.0. The molecule has 1 amide bonds. The van der Waals surface area contributed by atoms with E-state index in [0.717, 1.165) is 11.1 Å². The number of aryl methyl sites for hydroxylation is 2. The van der Waals surface area contributed by atoms with Crippen molar-refractivity contribution in [3.8, 4) is 11.3 Å². The van der Waals surface area contributed by atoms with Crippen molar-refractivity contribution in [2.45, 2.75) is 13.8 Å². The molecule has 1 aromatic carbocycles. The molecule has 0 fully saturated rings. The Bertz CT molecular complexity index is 1090. The molecule has 0 radical (unpaired) electrons. The van der Waals surface area contributed by atoms with Gasteiger partial charge in [0.15, 0.2) is 0 Å². The third kappa shape index (κ3) is 2.93. The molecule has 6 nitrogen and oxygen atoms in total. The zero-order valence-corrected chi connectivity index (χ0v) is 14.4. The molecule has 4 rings (SSSR count). The van der Waals surface area contributed by atoms with E-state index in [1.54, 1.807) is 30.6 Å². The predicted octanol–water partition coefficient (Wildman–Crippen LogP) is 4.15. The Morgan fingerprint density at radius 2 is 1.77 bits per heavy atom. The van der Waals surface area contributed by atoms with Gasteiger partial charge in [0.1, 0.15) is 5.69 Å². The third-order valence-electron chi connectivity index (χ3n) is 4.08. The molecule has 1 N–H and O–H groups in total. The van der Waals surface area contributed by atoms with Crippen LogP contribution >= 0.6 is 0 Å². The first-order valence-corrected chi connectivity index (χ1v) is 8.17. The maximum atomic E-state index is 12.9. The van der Waals surface area contributed by atoms with Gasteiger partial charge in [0.2, 0.25) is 0 Å². The van der Waals surface area contributed by atoms with Crippen molar-refractivity contribution in [2.75, 3.05) is 5.32 Å². The van der Waals surface area contributed by atoms with Crippen molar-refractivity contribution >= 4 is 22.7 Å². The molecular weight excluding hydrogens is 328 g/mol. The van der Waals surface area contributed by atoms with Crippen LogP contribution in [0.5, 0.6) is 0 Å². The third-order valence-corrected chi connectivity index (χ3v) is 4.08. The predicted molar refractivity (Wildman–Crippen MR) is 98.9 cm³/mol. The monoisotopic (exact) mass is 344 g/mol. The molecule has 0 aliphatic heterocycles. The van der Waals surface area contributed by atoms with Crippen molar-refractivity contribution in [1.29, 1.82) is 0 Å². The summed E-state index contributed by atoms with van der Waals surface area (Å²) in [6, 6.07) is 13.1. The fraction of sp³-hybridized carbons (Fsp3) is 0.100. The molecule has 0 unspecified atom stereocenters. The van der Waals surface area contributed by atoms with E-state index >= 15 is 0 Å². The summed E-state index contributed by atoms with van der Waals surface area (Å²) in [6.45, 7) is 3.83. The van der Waals surface area contributed by atoms with Crippen molar-refractivity contribution in [3.63, 3.8) is 0 Å². The fourth-order valence-electron chi connectivity index (χ4n) is 2.80. The lowest BCUT2D eigenvalue weighted by molar-refractivity contribution is 0.102. The van der Waals surface area contributed by atoms with Gasteiger partial charge in [0.25, 0.3) is 11.6 Å². The minimum Gasteiger partial charge on any atom is -0.335 e. The summed E-state index contributed by atoms with van der Waals surface area (Å²) >= 11 is 0. The molecule has 0 spiro atoms. The number of carbonyl (C=O) groups is 1. The Balaban J connectivity index is 1.84. The van der Waals surface area contributed by atoms with Crippen molar-refractivity contribution in [3.05, 3.63) is 71.7 Å². The standard InChI is InChI=1S/C20H16N4O2/c1-12-3-5-14(6-4-12)18-17-16(11-13(2)22-20(17)26-24-18)19(25)23-15-7-9-21-10-8-15/h3-11H,1-2H3,(H,21,23,25). The van der Waals surface area contributed by atoms with Gasteiger partial charge in [-0.05, 0) is 32.0 Å². The number of nitrogens with one attached hydrogen (secondary N) is 1. The van der Waals surface area contributed by atoms with Crippen LogP contribution < -0.4 is 5.32 Å². The second-order valence-electron chi connectivity index (χ2n) is 6.08. The van der Waals surface area contributed by atoms with Gasteiger partial charge in [0.05, 0.1) is 10.9 Å². The maximum Gasteiger partial charge on any atom is 0.259 e. The van der Waals surface area contributed by atoms with E-state index in [-0.39, 0.29) is 5.91 Å². The number of hydrogen-bond donors (Lipinski definition) is 1. The molecule has 3 heterocycles. The molecule has 0 saturated carbocycles. The van der Waals surface area contributed by atoms with Crippen LogP contribution in [0.15, 0.2) is 59.4 Å². The van der Waals surface area contributed by atoms with Gasteiger partial charge in [-0.15, -0.1) is 0 Å². The highest BCUT2D eigenvalue weighted by Gasteiger charge is 2.21. The second kappa shape index (κ2) is 6.40. The van der Waals surface area contributed by atoms with Crippen LogP contribution in [0.1, 0.15) is 21.6 Å². The van der Waals surface area contributed by atoms with E-state index in [1.165, 1.54) is 0 Å². The molecule has 26 heavy (non-hydrogen) atoms. The first kappa shape index (κ1) is 16.0. The van der Waals surface area contributed by atoms with Gasteiger partial charge >= 0.3 is 0 Å². The van der Waals surface area contributed by atoms with E-state index < -0.39 is 0 Å². The Morgan fingerprint density at radius 1 is 1.04 bits per heavy atom. The number of fused-ring (bicyclic) bond motifs is 1. The van der Waals surface area contributed by atoms with E-state index in [4.69, 9.17) is 4.52 Å². The summed E-state index contributed by atoms with van der Waals surface area (Å²) in [5.41, 5.74) is 4.79. The van der Waals surface area contributed by atoms with Crippen LogP contribution in [0.4, 0.5) is 5.69 Å². The molecule has 0 aliphatic carbocycles. The lowest BCUT2D eigenvalue weighted by Gasteiger charge is -2.07. The molecular formula is C20H16N4O2. The Morgan fingerprint density at radius 3 is 2.50 bits per heavy atom. The molecule has 0 saturated heterocycles. The summed E-state index contributed by atoms with van der Waals surface area (Å²) in [5, 5.41) is 7.64. The van der Waals surface area contributed by atoms with Crippen LogP contribution in [-0.4, -0.2) is 21.0 Å². The largest absolute Gasteiger partial charge is 0.335 e. The smallest absolute Gasteiger partial charge is 0.259 e. The molecule has 6 heteroatoms. The molecule has 3 aromatic heterocycles. The Hall–Kier alpha value is -3.54. The van der Waals surface area contributed by atoms with Crippen LogP contribution in [0.3, 0.4) is 0 Å². The number of nitrogens with zero attached hydrogens (tertiary/aromatic N) is 3. The van der Waals surface area contributed by atoms with E-state index in [9.17, 15) is 4.79 Å². The molecule has 4 aromatic rings. The van der Waals surface area contributed by atoms with Crippen molar-refractivity contribution in [1.82, 2.24) is 15.1 Å². The van der Waals surface area contributed by atoms with Gasteiger partial charge < -0.3 is 9.84 Å². The minimum absolute atomic E-state index is 0.247. The van der Waals surface area contributed by atoms with Crippen LogP contribution in [0.2, 0.25) is 0 Å². The highest BCUT2D eigenvalue weighted by molar-refractivity contribution is 6.14. The highest BCUT2D eigenvalue weighted by Crippen LogP contribution is 2.31. The molecule has 128 valence electrons. The van der Waals surface area contributed by atoms with E-state index in [0.29, 0.717) is 33.7 Å². The van der Waals surface area contributed by atoms with Crippen molar-refractivity contribution < 1.29 is 9.32 Å². The summed E-state index contributed by atoms with van der Waals surface area (Å²) in [4.78, 5) is 21.2. The van der Waals surface area contributed by atoms with E-state index in [1.807, 2.05) is 38.1 Å². The number of hydrogen-bond acceptors (Lipinski definition) is 5. The zero-order valence-electron chi connectivity index (χ0n) is 14.4. The lowest BCUT2D eigenvalue weighted by Crippen LogP contribution is -2.13. The molecule has 0 bridgehead atoms. The molecule has 0 atom stereocenters. The van der Waals surface area contributed by atoms with Crippen LogP contribution in [-0.2, 0) is 0 Å². The number of pyridine rings is 2. The van der Waals surface area contributed by atoms with Gasteiger partial charge in [0, 0.05) is 29.3 Å². The van der Waals surface area contributed by atoms with Crippen LogP contribution in [0, 0.1) is 13.8 Å². The van der Waals surface area contributed by atoms with Crippen LogP contribution in [0.25, 0.3) is 22.4 Å². The van der Waals surface area contributed by atoms with Gasteiger partial charge in [-0.1, -0.05) is 35.0 Å². The van der Waals surface area contributed by atoms with Gasteiger partial charge in [-0.25, -0.2) is 4.98 Å². The van der Waals surface area contributed by atoms with Gasteiger partial charge in [-0.3, -0.25) is 9.78 Å². The summed E-state index contributed by atoms with van der Waals surface area (Å²) in [7, 11) is 0. The number of anilines is 1. The normalized spacial score (nSPS) is 10.8. The molecule has 0 aliphatic rings. The average molecular weight is 344 g/mol. The maximum absolute atomic E-state index is 12.9. The number of carbonyl (C=O) groups excluding carboxylic acids is 1.